The zero-order chi connectivity index (χ0) is 18.8. The zero-order valence-electron chi connectivity index (χ0n) is 16.0. The number of carbonyl (C=O) groups is 1. The predicted octanol–water partition coefficient (Wildman–Crippen LogP) is 4.40. The number of benzene rings is 1. The van der Waals surface area contributed by atoms with Crippen LogP contribution in [-0.2, 0) is 0 Å². The van der Waals surface area contributed by atoms with Gasteiger partial charge >= 0.3 is 0 Å². The highest BCUT2D eigenvalue weighted by Crippen LogP contribution is 2.36. The number of amides is 1. The maximum Gasteiger partial charge on any atom is 0.266 e. The van der Waals surface area contributed by atoms with E-state index >= 15 is 0 Å². The number of carbonyl (C=O) groups excluding carboxylic acids is 1. The molecule has 6 heteroatoms. The molecule has 0 aliphatic heterocycles. The maximum absolute atomic E-state index is 13.1. The minimum Gasteiger partial charge on any atom is -0.493 e. The van der Waals surface area contributed by atoms with Crippen molar-refractivity contribution in [2.45, 2.75) is 39.7 Å². The largest absolute Gasteiger partial charge is 0.493 e. The Labute approximate surface area is 159 Å². The van der Waals surface area contributed by atoms with Crippen LogP contribution in [0.1, 0.15) is 42.1 Å². The summed E-state index contributed by atoms with van der Waals surface area (Å²) in [6, 6.07) is 6.11. The van der Waals surface area contributed by atoms with Crippen LogP contribution in [0, 0.1) is 12.8 Å². The van der Waals surface area contributed by atoms with Crippen LogP contribution in [0.15, 0.2) is 18.2 Å². The number of ether oxygens (including phenoxy) is 2. The van der Waals surface area contributed by atoms with E-state index < -0.39 is 0 Å². The highest BCUT2D eigenvalue weighted by Gasteiger charge is 2.34. The number of thiazole rings is 1. The van der Waals surface area contributed by atoms with Crippen LogP contribution in [0.25, 0.3) is 10.6 Å². The van der Waals surface area contributed by atoms with Gasteiger partial charge in [0.25, 0.3) is 5.91 Å². The van der Waals surface area contributed by atoms with E-state index in [1.54, 1.807) is 14.2 Å². The first-order valence-electron chi connectivity index (χ1n) is 8.95. The van der Waals surface area contributed by atoms with E-state index in [9.17, 15) is 4.79 Å². The lowest BCUT2D eigenvalue weighted by atomic mass is 10.2. The van der Waals surface area contributed by atoms with Crippen LogP contribution >= 0.6 is 11.3 Å². The normalized spacial score (nSPS) is 13.8. The van der Waals surface area contributed by atoms with Crippen LogP contribution in [0.2, 0.25) is 0 Å². The highest BCUT2D eigenvalue weighted by atomic mass is 32.1. The molecule has 1 heterocycles. The Kier molecular flexibility index (Phi) is 5.51. The topological polar surface area (TPSA) is 51.7 Å². The van der Waals surface area contributed by atoms with E-state index in [1.807, 2.05) is 30.0 Å². The number of hydrogen-bond acceptors (Lipinski definition) is 5. The first kappa shape index (κ1) is 18.7. The molecule has 140 valence electrons. The van der Waals surface area contributed by atoms with Crippen LogP contribution in [0.3, 0.4) is 0 Å². The number of nitrogens with zero attached hydrogens (tertiary/aromatic N) is 2. The van der Waals surface area contributed by atoms with Crippen LogP contribution in [-0.4, -0.2) is 42.6 Å². The van der Waals surface area contributed by atoms with Gasteiger partial charge in [-0.15, -0.1) is 11.3 Å². The summed E-state index contributed by atoms with van der Waals surface area (Å²) in [5.41, 5.74) is 1.72. The van der Waals surface area contributed by atoms with Crippen molar-refractivity contribution in [3.63, 3.8) is 0 Å². The molecule has 0 radical (unpaired) electrons. The molecule has 5 nitrogen and oxygen atoms in total. The summed E-state index contributed by atoms with van der Waals surface area (Å²) >= 11 is 1.46. The van der Waals surface area contributed by atoms with Gasteiger partial charge in [-0.1, -0.05) is 13.8 Å². The second kappa shape index (κ2) is 7.66. The van der Waals surface area contributed by atoms with Crippen LogP contribution in [0.5, 0.6) is 11.5 Å². The van der Waals surface area contributed by atoms with Crippen LogP contribution in [0.4, 0.5) is 0 Å². The number of rotatable bonds is 7. The molecule has 1 aromatic carbocycles. The van der Waals surface area contributed by atoms with Gasteiger partial charge in [-0.05, 0) is 43.9 Å². The minimum atomic E-state index is 0.114. The lowest BCUT2D eigenvalue weighted by Gasteiger charge is -2.24. The summed E-state index contributed by atoms with van der Waals surface area (Å²) in [5, 5.41) is 0.826. The quantitative estimate of drug-likeness (QED) is 0.721. The van der Waals surface area contributed by atoms with Gasteiger partial charge < -0.3 is 14.4 Å². The van der Waals surface area contributed by atoms with Crippen molar-refractivity contribution in [1.29, 1.82) is 0 Å². The van der Waals surface area contributed by atoms with Gasteiger partial charge in [-0.2, -0.15) is 0 Å². The van der Waals surface area contributed by atoms with Gasteiger partial charge in [0, 0.05) is 18.2 Å². The van der Waals surface area contributed by atoms with E-state index in [2.05, 4.69) is 18.8 Å². The summed E-state index contributed by atoms with van der Waals surface area (Å²) in [6.07, 6.45) is 2.22. The smallest absolute Gasteiger partial charge is 0.266 e. The molecule has 0 bridgehead atoms. The third kappa shape index (κ3) is 3.85. The summed E-state index contributed by atoms with van der Waals surface area (Å²) in [5.74, 6) is 1.91. The second-order valence-corrected chi connectivity index (χ2v) is 8.08. The van der Waals surface area contributed by atoms with E-state index in [0.29, 0.717) is 23.5 Å². The minimum absolute atomic E-state index is 0.114. The first-order valence-corrected chi connectivity index (χ1v) is 9.77. The third-order valence-electron chi connectivity index (χ3n) is 4.43. The van der Waals surface area contributed by atoms with E-state index in [4.69, 9.17) is 9.47 Å². The van der Waals surface area contributed by atoms with Crippen LogP contribution < -0.4 is 9.47 Å². The Morgan fingerprint density at radius 3 is 2.54 bits per heavy atom. The average molecular weight is 375 g/mol. The summed E-state index contributed by atoms with van der Waals surface area (Å²) in [6.45, 7) is 7.01. The van der Waals surface area contributed by atoms with Gasteiger partial charge in [0.1, 0.15) is 9.88 Å². The molecule has 1 saturated carbocycles. The molecular weight excluding hydrogens is 348 g/mol. The molecular formula is C20H26N2O3S. The van der Waals surface area contributed by atoms with E-state index in [-0.39, 0.29) is 5.91 Å². The Morgan fingerprint density at radius 1 is 1.27 bits per heavy atom. The Hall–Kier alpha value is -2.08. The molecule has 0 unspecified atom stereocenters. The van der Waals surface area contributed by atoms with Gasteiger partial charge in [0.05, 0.1) is 19.9 Å². The molecule has 0 N–H and O–H groups in total. The van der Waals surface area contributed by atoms with Gasteiger partial charge in [0.15, 0.2) is 11.5 Å². The molecule has 1 aliphatic rings. The van der Waals surface area contributed by atoms with Crippen molar-refractivity contribution < 1.29 is 14.3 Å². The summed E-state index contributed by atoms with van der Waals surface area (Å²) < 4.78 is 10.7. The molecule has 1 aromatic heterocycles. The van der Waals surface area contributed by atoms with Gasteiger partial charge in [-0.25, -0.2) is 4.98 Å². The van der Waals surface area contributed by atoms with E-state index in [1.165, 1.54) is 11.3 Å². The molecule has 3 rings (SSSR count). The number of aryl methyl sites for hydroxylation is 1. The monoisotopic (exact) mass is 374 g/mol. The van der Waals surface area contributed by atoms with Crippen molar-refractivity contribution in [3.8, 4) is 22.1 Å². The maximum atomic E-state index is 13.1. The van der Waals surface area contributed by atoms with Gasteiger partial charge in [0.2, 0.25) is 0 Å². The fourth-order valence-electron chi connectivity index (χ4n) is 3.00. The Bertz CT molecular complexity index is 796. The first-order chi connectivity index (χ1) is 12.4. The average Bonchev–Trinajstić information content (AvgIpc) is 3.40. The SMILES string of the molecule is COc1ccc(-c2nc(C)c(C(=O)N(CC(C)C)C3CC3)s2)cc1OC. The summed E-state index contributed by atoms with van der Waals surface area (Å²) in [4.78, 5) is 20.5. The lowest BCUT2D eigenvalue weighted by Crippen LogP contribution is -2.36. The number of hydrogen-bond donors (Lipinski definition) is 0. The number of methoxy groups -OCH3 is 2. The molecule has 0 atom stereocenters. The van der Waals surface area contributed by atoms with Crippen molar-refractivity contribution in [2.75, 3.05) is 20.8 Å². The third-order valence-corrected chi connectivity index (χ3v) is 5.63. The molecule has 0 saturated heterocycles. The molecule has 1 amide bonds. The fourth-order valence-corrected chi connectivity index (χ4v) is 4.01. The van der Waals surface area contributed by atoms with Crippen molar-refractivity contribution in [1.82, 2.24) is 9.88 Å². The molecule has 2 aromatic rings. The van der Waals surface area contributed by atoms with E-state index in [0.717, 1.165) is 40.5 Å². The van der Waals surface area contributed by atoms with Crippen molar-refractivity contribution >= 4 is 17.2 Å². The second-order valence-electron chi connectivity index (χ2n) is 7.09. The number of aromatic nitrogens is 1. The Balaban J connectivity index is 1.90. The Morgan fingerprint density at radius 2 is 1.96 bits per heavy atom. The molecule has 1 fully saturated rings. The fraction of sp³-hybridized carbons (Fsp3) is 0.500. The van der Waals surface area contributed by atoms with Crippen molar-refractivity contribution in [3.05, 3.63) is 28.8 Å². The van der Waals surface area contributed by atoms with Crippen molar-refractivity contribution in [2.24, 2.45) is 5.92 Å². The molecule has 1 aliphatic carbocycles. The highest BCUT2D eigenvalue weighted by molar-refractivity contribution is 7.17. The predicted molar refractivity (Wildman–Crippen MR) is 104 cm³/mol. The zero-order valence-corrected chi connectivity index (χ0v) is 16.9. The standard InChI is InChI=1S/C20H26N2O3S/c1-12(2)11-22(15-7-8-15)20(23)18-13(3)21-19(26-18)14-6-9-16(24-4)17(10-14)25-5/h6,9-10,12,15H,7-8,11H2,1-5H3. The summed E-state index contributed by atoms with van der Waals surface area (Å²) in [7, 11) is 3.23. The molecule has 0 spiro atoms. The molecule has 26 heavy (non-hydrogen) atoms. The van der Waals surface area contributed by atoms with Gasteiger partial charge in [-0.3, -0.25) is 4.79 Å². The lowest BCUT2D eigenvalue weighted by molar-refractivity contribution is 0.0726.